The van der Waals surface area contributed by atoms with Crippen molar-refractivity contribution in [2.24, 2.45) is 5.73 Å². The fourth-order valence-corrected chi connectivity index (χ4v) is 4.32. The number of nitrogens with zero attached hydrogens (tertiary/aromatic N) is 2. The summed E-state index contributed by atoms with van der Waals surface area (Å²) in [6.07, 6.45) is 4.18. The van der Waals surface area contributed by atoms with Crippen molar-refractivity contribution in [3.05, 3.63) is 40.2 Å². The van der Waals surface area contributed by atoms with E-state index in [1.165, 1.54) is 16.5 Å². The van der Waals surface area contributed by atoms with E-state index in [-0.39, 0.29) is 11.9 Å². The number of rotatable bonds is 1. The van der Waals surface area contributed by atoms with Crippen LogP contribution in [0.2, 0.25) is 0 Å². The van der Waals surface area contributed by atoms with Crippen molar-refractivity contribution in [2.75, 3.05) is 11.4 Å². The minimum absolute atomic E-state index is 0.0679. The number of fused-ring (bicyclic) bond motifs is 2. The van der Waals surface area contributed by atoms with E-state index in [9.17, 15) is 4.39 Å². The van der Waals surface area contributed by atoms with Crippen LogP contribution in [0, 0.1) is 5.82 Å². The largest absolute Gasteiger partial charge is 0.323 e. The molecule has 0 saturated heterocycles. The van der Waals surface area contributed by atoms with Gasteiger partial charge in [-0.1, -0.05) is 6.07 Å². The van der Waals surface area contributed by atoms with Crippen LogP contribution in [0.1, 0.15) is 35.0 Å². The molecule has 0 radical (unpaired) electrons. The van der Waals surface area contributed by atoms with Crippen LogP contribution in [-0.2, 0) is 12.8 Å². The summed E-state index contributed by atoms with van der Waals surface area (Å²) in [6, 6.07) is 5.09. The predicted molar refractivity (Wildman–Crippen MR) is 79.1 cm³/mol. The van der Waals surface area contributed by atoms with Crippen molar-refractivity contribution in [3.8, 4) is 0 Å². The maximum Gasteiger partial charge on any atom is 0.190 e. The number of thiazole rings is 1. The van der Waals surface area contributed by atoms with Crippen molar-refractivity contribution >= 4 is 22.2 Å². The maximum atomic E-state index is 13.5. The Hall–Kier alpha value is -1.46. The van der Waals surface area contributed by atoms with E-state index in [1.807, 2.05) is 6.07 Å². The highest BCUT2D eigenvalue weighted by molar-refractivity contribution is 7.15. The molecule has 1 aliphatic heterocycles. The maximum absolute atomic E-state index is 13.5. The summed E-state index contributed by atoms with van der Waals surface area (Å²) in [6.45, 7) is 0.875. The third-order valence-electron chi connectivity index (χ3n) is 4.16. The molecule has 1 aromatic heterocycles. The zero-order chi connectivity index (χ0) is 13.7. The van der Waals surface area contributed by atoms with Crippen LogP contribution in [0.5, 0.6) is 0 Å². The van der Waals surface area contributed by atoms with Gasteiger partial charge in [-0.25, -0.2) is 9.37 Å². The molecule has 2 N–H and O–H groups in total. The molecule has 2 aliphatic rings. The lowest BCUT2D eigenvalue weighted by Gasteiger charge is -2.16. The number of aryl methyl sites for hydroxylation is 1. The Bertz CT molecular complexity index is 667. The van der Waals surface area contributed by atoms with Crippen LogP contribution in [0.3, 0.4) is 0 Å². The van der Waals surface area contributed by atoms with Gasteiger partial charge in [0.05, 0.1) is 5.69 Å². The van der Waals surface area contributed by atoms with Gasteiger partial charge in [-0.3, -0.25) is 0 Å². The van der Waals surface area contributed by atoms with Gasteiger partial charge in [0.1, 0.15) is 5.82 Å². The molecular weight excluding hydrogens is 273 g/mol. The summed E-state index contributed by atoms with van der Waals surface area (Å²) in [4.78, 5) is 8.18. The van der Waals surface area contributed by atoms with E-state index >= 15 is 0 Å². The smallest absolute Gasteiger partial charge is 0.190 e. The molecule has 0 amide bonds. The van der Waals surface area contributed by atoms with Crippen LogP contribution in [0.4, 0.5) is 15.2 Å². The first-order valence-corrected chi connectivity index (χ1v) is 7.85. The van der Waals surface area contributed by atoms with Crippen molar-refractivity contribution in [1.29, 1.82) is 0 Å². The van der Waals surface area contributed by atoms with Gasteiger partial charge in [-0.05, 0) is 43.4 Å². The Morgan fingerprint density at radius 2 is 2.25 bits per heavy atom. The van der Waals surface area contributed by atoms with Gasteiger partial charge < -0.3 is 10.6 Å². The molecule has 4 rings (SSSR count). The first kappa shape index (κ1) is 12.3. The number of halogens is 1. The molecule has 1 unspecified atom stereocenters. The molecule has 0 bridgehead atoms. The zero-order valence-corrected chi connectivity index (χ0v) is 11.9. The Morgan fingerprint density at radius 1 is 1.35 bits per heavy atom. The SMILES string of the molecule is NC1CCCc2sc(N3CCc4ccc(F)cc43)nc21. The van der Waals surface area contributed by atoms with Gasteiger partial charge in [0.25, 0.3) is 0 Å². The average Bonchev–Trinajstić information content (AvgIpc) is 3.02. The number of hydrogen-bond donors (Lipinski definition) is 1. The highest BCUT2D eigenvalue weighted by Crippen LogP contribution is 2.41. The summed E-state index contributed by atoms with van der Waals surface area (Å²) in [5.74, 6) is -0.186. The molecule has 1 atom stereocenters. The van der Waals surface area contributed by atoms with Crippen LogP contribution < -0.4 is 10.6 Å². The number of aromatic nitrogens is 1. The lowest BCUT2D eigenvalue weighted by Crippen LogP contribution is -2.17. The van der Waals surface area contributed by atoms with E-state index in [0.29, 0.717) is 0 Å². The van der Waals surface area contributed by atoms with Crippen LogP contribution >= 0.6 is 11.3 Å². The number of nitrogens with two attached hydrogens (primary N) is 1. The lowest BCUT2D eigenvalue weighted by molar-refractivity contribution is 0.563. The quantitative estimate of drug-likeness (QED) is 0.875. The van der Waals surface area contributed by atoms with E-state index in [4.69, 9.17) is 10.7 Å². The highest BCUT2D eigenvalue weighted by Gasteiger charge is 2.27. The molecular formula is C15H16FN3S. The number of hydrogen-bond acceptors (Lipinski definition) is 4. The minimum Gasteiger partial charge on any atom is -0.323 e. The number of anilines is 2. The van der Waals surface area contributed by atoms with Crippen molar-refractivity contribution in [2.45, 2.75) is 31.7 Å². The average molecular weight is 289 g/mol. The number of benzene rings is 1. The second-order valence-corrected chi connectivity index (χ2v) is 6.54. The van der Waals surface area contributed by atoms with E-state index in [0.717, 1.165) is 48.7 Å². The van der Waals surface area contributed by atoms with Gasteiger partial charge in [-0.2, -0.15) is 0 Å². The fraction of sp³-hybridized carbons (Fsp3) is 0.400. The summed E-state index contributed by atoms with van der Waals surface area (Å²) >= 11 is 1.72. The van der Waals surface area contributed by atoms with Gasteiger partial charge in [0.2, 0.25) is 0 Å². The predicted octanol–water partition coefficient (Wildman–Crippen LogP) is 3.31. The van der Waals surface area contributed by atoms with Gasteiger partial charge in [0.15, 0.2) is 5.13 Å². The first-order valence-electron chi connectivity index (χ1n) is 7.03. The molecule has 5 heteroatoms. The molecule has 1 aliphatic carbocycles. The third-order valence-corrected chi connectivity index (χ3v) is 5.31. The summed E-state index contributed by atoms with van der Waals surface area (Å²) < 4.78 is 13.5. The molecule has 104 valence electrons. The molecule has 2 heterocycles. The van der Waals surface area contributed by atoms with E-state index < -0.39 is 0 Å². The molecule has 3 nitrogen and oxygen atoms in total. The third kappa shape index (κ3) is 1.84. The van der Waals surface area contributed by atoms with Crippen LogP contribution in [-0.4, -0.2) is 11.5 Å². The Kier molecular flexibility index (Phi) is 2.79. The summed E-state index contributed by atoms with van der Waals surface area (Å²) in [5.41, 5.74) is 9.36. The second-order valence-electron chi connectivity index (χ2n) is 5.48. The zero-order valence-electron chi connectivity index (χ0n) is 11.1. The fourth-order valence-electron chi connectivity index (χ4n) is 3.11. The topological polar surface area (TPSA) is 42.1 Å². The Labute approximate surface area is 121 Å². The van der Waals surface area contributed by atoms with Crippen LogP contribution in [0.25, 0.3) is 0 Å². The molecule has 2 aromatic rings. The monoisotopic (exact) mass is 289 g/mol. The van der Waals surface area contributed by atoms with Gasteiger partial charge >= 0.3 is 0 Å². The van der Waals surface area contributed by atoms with Crippen molar-refractivity contribution in [1.82, 2.24) is 4.98 Å². The van der Waals surface area contributed by atoms with Crippen molar-refractivity contribution in [3.63, 3.8) is 0 Å². The summed E-state index contributed by atoms with van der Waals surface area (Å²) in [5, 5.41) is 0.969. The standard InChI is InChI=1S/C15H16FN3S/c16-10-5-4-9-6-7-19(12(9)8-10)15-18-14-11(17)2-1-3-13(14)20-15/h4-5,8,11H,1-3,6-7,17H2. The molecule has 0 saturated carbocycles. The minimum atomic E-state index is -0.186. The molecule has 20 heavy (non-hydrogen) atoms. The Balaban J connectivity index is 1.75. The lowest BCUT2D eigenvalue weighted by atomic mass is 9.99. The van der Waals surface area contributed by atoms with Gasteiger partial charge in [0, 0.05) is 23.2 Å². The van der Waals surface area contributed by atoms with Gasteiger partial charge in [-0.15, -0.1) is 11.3 Å². The molecule has 0 fully saturated rings. The normalized spacial score (nSPS) is 20.9. The van der Waals surface area contributed by atoms with E-state index in [2.05, 4.69) is 4.90 Å². The van der Waals surface area contributed by atoms with Crippen molar-refractivity contribution < 1.29 is 4.39 Å². The highest BCUT2D eigenvalue weighted by atomic mass is 32.1. The van der Waals surface area contributed by atoms with E-state index in [1.54, 1.807) is 17.4 Å². The Morgan fingerprint density at radius 3 is 3.10 bits per heavy atom. The summed E-state index contributed by atoms with van der Waals surface area (Å²) in [7, 11) is 0. The molecule has 1 aromatic carbocycles. The second kappa shape index (κ2) is 4.53. The van der Waals surface area contributed by atoms with Crippen LogP contribution in [0.15, 0.2) is 18.2 Å². The molecule has 0 spiro atoms. The first-order chi connectivity index (χ1) is 9.72.